The zero-order valence-electron chi connectivity index (χ0n) is 12.1. The molecule has 3 heteroatoms. The average Bonchev–Trinajstić information content (AvgIpc) is 2.94. The smallest absolute Gasteiger partial charge is 0.165 e. The van der Waals surface area contributed by atoms with Crippen LogP contribution in [0.5, 0.6) is 0 Å². The van der Waals surface area contributed by atoms with Gasteiger partial charge in [0.25, 0.3) is 0 Å². The topological polar surface area (TPSA) is 29.5 Å². The largest absolute Gasteiger partial charge is 0.367 e. The highest BCUT2D eigenvalue weighted by molar-refractivity contribution is 5.85. The molecule has 2 aliphatic heterocycles. The van der Waals surface area contributed by atoms with Gasteiger partial charge in [0.2, 0.25) is 0 Å². The second-order valence-electron chi connectivity index (χ2n) is 6.65. The van der Waals surface area contributed by atoms with Crippen LogP contribution >= 0.6 is 0 Å². The van der Waals surface area contributed by atoms with E-state index in [4.69, 9.17) is 4.74 Å². The van der Waals surface area contributed by atoms with E-state index in [1.54, 1.807) is 0 Å². The fourth-order valence-electron chi connectivity index (χ4n) is 4.17. The van der Waals surface area contributed by atoms with Gasteiger partial charge in [-0.25, -0.2) is 0 Å². The van der Waals surface area contributed by atoms with Gasteiger partial charge in [0.1, 0.15) is 6.10 Å². The molecule has 0 radical (unpaired) electrons. The summed E-state index contributed by atoms with van der Waals surface area (Å²) in [4.78, 5) is 15.1. The molecule has 2 heterocycles. The van der Waals surface area contributed by atoms with E-state index < -0.39 is 0 Å². The van der Waals surface area contributed by atoms with Crippen molar-refractivity contribution in [1.29, 1.82) is 0 Å². The first-order valence-electron chi connectivity index (χ1n) is 8.17. The summed E-state index contributed by atoms with van der Waals surface area (Å²) in [6.45, 7) is 5.06. The van der Waals surface area contributed by atoms with E-state index in [1.807, 2.05) is 0 Å². The van der Waals surface area contributed by atoms with Gasteiger partial charge >= 0.3 is 0 Å². The number of carbonyl (C=O) groups is 1. The van der Waals surface area contributed by atoms with Crippen LogP contribution in [0.3, 0.4) is 0 Å². The Balaban J connectivity index is 1.57. The van der Waals surface area contributed by atoms with Crippen molar-refractivity contribution in [3.8, 4) is 0 Å². The quantitative estimate of drug-likeness (QED) is 0.785. The van der Waals surface area contributed by atoms with E-state index in [0.717, 1.165) is 31.9 Å². The zero-order chi connectivity index (χ0) is 13.2. The Morgan fingerprint density at radius 3 is 3.00 bits per heavy atom. The molecule has 0 bridgehead atoms. The van der Waals surface area contributed by atoms with Crippen LogP contribution in [0.2, 0.25) is 0 Å². The Labute approximate surface area is 116 Å². The fraction of sp³-hybridized carbons (Fsp3) is 0.938. The van der Waals surface area contributed by atoms with Gasteiger partial charge in [-0.15, -0.1) is 0 Å². The first-order chi connectivity index (χ1) is 9.28. The number of hydrogen-bond donors (Lipinski definition) is 0. The summed E-state index contributed by atoms with van der Waals surface area (Å²) < 4.78 is 5.88. The van der Waals surface area contributed by atoms with Crippen molar-refractivity contribution in [2.45, 2.75) is 64.0 Å². The average molecular weight is 265 g/mol. The Kier molecular flexibility index (Phi) is 4.23. The number of Topliss-reactive ketones (excluding diaryl/α,β-unsaturated/α-hetero) is 1. The van der Waals surface area contributed by atoms with Gasteiger partial charge in [0.05, 0.1) is 6.61 Å². The Morgan fingerprint density at radius 1 is 1.26 bits per heavy atom. The number of fused-ring (bicyclic) bond motifs is 1. The second kappa shape index (κ2) is 5.92. The third-order valence-corrected chi connectivity index (χ3v) is 5.47. The molecular formula is C16H27NO2. The van der Waals surface area contributed by atoms with E-state index in [1.165, 1.54) is 38.6 Å². The first kappa shape index (κ1) is 13.6. The summed E-state index contributed by atoms with van der Waals surface area (Å²) in [6.07, 6.45) is 8.38. The second-order valence-corrected chi connectivity index (χ2v) is 6.65. The van der Waals surface area contributed by atoms with Crippen molar-refractivity contribution < 1.29 is 9.53 Å². The minimum absolute atomic E-state index is 0.130. The number of carbonyl (C=O) groups excluding carboxylic acids is 1. The lowest BCUT2D eigenvalue weighted by Gasteiger charge is -2.37. The summed E-state index contributed by atoms with van der Waals surface area (Å²) in [5, 5.41) is 0. The number of ether oxygens (including phenoxy) is 1. The molecule has 0 aromatic carbocycles. The highest BCUT2D eigenvalue weighted by Crippen LogP contribution is 2.33. The molecular weight excluding hydrogens is 238 g/mol. The van der Waals surface area contributed by atoms with Crippen LogP contribution in [-0.2, 0) is 9.53 Å². The van der Waals surface area contributed by atoms with Crippen molar-refractivity contribution in [3.63, 3.8) is 0 Å². The molecule has 3 fully saturated rings. The number of ketones is 1. The van der Waals surface area contributed by atoms with Crippen LogP contribution in [0.25, 0.3) is 0 Å². The van der Waals surface area contributed by atoms with E-state index in [0.29, 0.717) is 11.8 Å². The molecule has 3 aliphatic rings. The summed E-state index contributed by atoms with van der Waals surface area (Å²) in [7, 11) is 0. The molecule has 4 atom stereocenters. The maximum Gasteiger partial charge on any atom is 0.165 e. The molecule has 2 saturated heterocycles. The molecule has 0 amide bonds. The lowest BCUT2D eigenvalue weighted by molar-refractivity contribution is -0.144. The molecule has 0 N–H and O–H groups in total. The van der Waals surface area contributed by atoms with Crippen molar-refractivity contribution in [2.75, 3.05) is 19.7 Å². The minimum atomic E-state index is -0.130. The third-order valence-electron chi connectivity index (χ3n) is 5.47. The number of rotatable bonds is 3. The molecule has 4 unspecified atom stereocenters. The van der Waals surface area contributed by atoms with Gasteiger partial charge in [-0.3, -0.25) is 9.69 Å². The van der Waals surface area contributed by atoms with Crippen molar-refractivity contribution >= 4 is 5.78 Å². The van der Waals surface area contributed by atoms with Crippen LogP contribution in [-0.4, -0.2) is 42.5 Å². The lowest BCUT2D eigenvalue weighted by atomic mass is 9.77. The molecule has 1 aliphatic carbocycles. The predicted molar refractivity (Wildman–Crippen MR) is 75.1 cm³/mol. The van der Waals surface area contributed by atoms with E-state index in [-0.39, 0.29) is 12.0 Å². The molecule has 108 valence electrons. The molecule has 3 nitrogen and oxygen atoms in total. The molecule has 19 heavy (non-hydrogen) atoms. The van der Waals surface area contributed by atoms with Gasteiger partial charge in [-0.05, 0) is 38.1 Å². The van der Waals surface area contributed by atoms with Gasteiger partial charge in [0.15, 0.2) is 5.78 Å². The van der Waals surface area contributed by atoms with Crippen LogP contribution < -0.4 is 0 Å². The van der Waals surface area contributed by atoms with Gasteiger partial charge in [-0.1, -0.05) is 26.2 Å². The predicted octanol–water partition coefficient (Wildman–Crippen LogP) is 2.64. The fourth-order valence-corrected chi connectivity index (χ4v) is 4.17. The molecule has 3 rings (SSSR count). The van der Waals surface area contributed by atoms with Crippen molar-refractivity contribution in [3.05, 3.63) is 0 Å². The number of morpholine rings is 1. The summed E-state index contributed by atoms with van der Waals surface area (Å²) >= 11 is 0. The molecule has 1 saturated carbocycles. The third kappa shape index (κ3) is 2.87. The normalized spacial score (nSPS) is 40.1. The standard InChI is InChI=1S/C16H27NO2/c1-2-12-5-3-6-13(9-12)16(18)15-10-17-8-4-7-14(17)11-19-15/h12-15H,2-11H2,1H3. The van der Waals surface area contributed by atoms with E-state index in [9.17, 15) is 4.79 Å². The molecule has 0 aromatic rings. The maximum atomic E-state index is 12.7. The zero-order valence-corrected chi connectivity index (χ0v) is 12.1. The van der Waals surface area contributed by atoms with Crippen molar-refractivity contribution in [1.82, 2.24) is 4.90 Å². The Hall–Kier alpha value is -0.410. The summed E-state index contributed by atoms with van der Waals surface area (Å²) in [6, 6.07) is 0.596. The number of nitrogens with zero attached hydrogens (tertiary/aromatic N) is 1. The van der Waals surface area contributed by atoms with Gasteiger partial charge < -0.3 is 4.74 Å². The SMILES string of the molecule is CCC1CCCC(C(=O)C2CN3CCCC3CO2)C1. The van der Waals surface area contributed by atoms with E-state index >= 15 is 0 Å². The highest BCUT2D eigenvalue weighted by atomic mass is 16.5. The van der Waals surface area contributed by atoms with E-state index in [2.05, 4.69) is 11.8 Å². The monoisotopic (exact) mass is 265 g/mol. The molecule has 0 aromatic heterocycles. The van der Waals surface area contributed by atoms with Gasteiger partial charge in [0, 0.05) is 18.5 Å². The van der Waals surface area contributed by atoms with Crippen LogP contribution in [0.15, 0.2) is 0 Å². The van der Waals surface area contributed by atoms with Crippen LogP contribution in [0.1, 0.15) is 51.9 Å². The first-order valence-corrected chi connectivity index (χ1v) is 8.17. The Morgan fingerprint density at radius 2 is 2.16 bits per heavy atom. The van der Waals surface area contributed by atoms with Crippen LogP contribution in [0, 0.1) is 11.8 Å². The van der Waals surface area contributed by atoms with Crippen molar-refractivity contribution in [2.24, 2.45) is 11.8 Å². The number of hydrogen-bond acceptors (Lipinski definition) is 3. The highest BCUT2D eigenvalue weighted by Gasteiger charge is 2.38. The minimum Gasteiger partial charge on any atom is -0.367 e. The van der Waals surface area contributed by atoms with Crippen LogP contribution in [0.4, 0.5) is 0 Å². The molecule has 0 spiro atoms. The summed E-state index contributed by atoms with van der Waals surface area (Å²) in [5.74, 6) is 1.46. The summed E-state index contributed by atoms with van der Waals surface area (Å²) in [5.41, 5.74) is 0. The van der Waals surface area contributed by atoms with Gasteiger partial charge in [-0.2, -0.15) is 0 Å². The maximum absolute atomic E-state index is 12.7. The lowest BCUT2D eigenvalue weighted by Crippen LogP contribution is -2.50. The Bertz CT molecular complexity index is 331.